The number of nitrogen functional groups attached to an aromatic ring is 1. The van der Waals surface area contributed by atoms with Crippen molar-refractivity contribution in [2.75, 3.05) is 18.8 Å². The van der Waals surface area contributed by atoms with E-state index in [1.807, 2.05) is 43.3 Å². The number of guanidine groups is 1. The van der Waals surface area contributed by atoms with Crippen LogP contribution in [0, 0.1) is 11.3 Å². The van der Waals surface area contributed by atoms with Crippen molar-refractivity contribution in [3.8, 4) is 11.8 Å². The maximum Gasteiger partial charge on any atom is 0.191 e. The van der Waals surface area contributed by atoms with Gasteiger partial charge in [-0.1, -0.05) is 24.3 Å². The Morgan fingerprint density at radius 1 is 1.24 bits per heavy atom. The molecule has 1 aromatic carbocycles. The highest BCUT2D eigenvalue weighted by molar-refractivity contribution is 7.09. The average Bonchev–Trinajstić information content (AvgIpc) is 3.37. The Morgan fingerprint density at radius 3 is 2.76 bits per heavy atom. The van der Waals surface area contributed by atoms with Crippen LogP contribution in [0.4, 0.5) is 5.82 Å². The minimum Gasteiger partial charge on any atom is -0.382 e. The molecular weight excluding hydrogens is 382 g/mol. The number of aromatic nitrogens is 2. The number of nitriles is 1. The Morgan fingerprint density at radius 2 is 2.07 bits per heavy atom. The van der Waals surface area contributed by atoms with Crippen molar-refractivity contribution in [3.63, 3.8) is 0 Å². The monoisotopic (exact) mass is 407 g/mol. The molecule has 0 aliphatic heterocycles. The first-order valence-electron chi connectivity index (χ1n) is 9.60. The highest BCUT2D eigenvalue weighted by atomic mass is 32.1. The zero-order chi connectivity index (χ0) is 20.5. The molecular formula is C21H25N7S. The largest absolute Gasteiger partial charge is 0.382 e. The van der Waals surface area contributed by atoms with Gasteiger partial charge < -0.3 is 16.4 Å². The van der Waals surface area contributed by atoms with Gasteiger partial charge in [-0.25, -0.2) is 9.67 Å². The van der Waals surface area contributed by atoms with E-state index < -0.39 is 0 Å². The zero-order valence-electron chi connectivity index (χ0n) is 16.4. The number of hydrogen-bond donors (Lipinski definition) is 3. The first kappa shape index (κ1) is 20.4. The summed E-state index contributed by atoms with van der Waals surface area (Å²) in [6.07, 6.45) is 1.47. The number of hydrogen-bond acceptors (Lipinski definition) is 5. The molecule has 3 aromatic rings. The molecule has 0 atom stereocenters. The molecule has 0 saturated heterocycles. The van der Waals surface area contributed by atoms with Crippen LogP contribution in [0.15, 0.2) is 52.8 Å². The molecule has 3 rings (SSSR count). The summed E-state index contributed by atoms with van der Waals surface area (Å²) in [5.74, 6) is 1.17. The van der Waals surface area contributed by atoms with Gasteiger partial charge in [0.2, 0.25) is 0 Å². The fraction of sp³-hybridized carbons (Fsp3) is 0.286. The van der Waals surface area contributed by atoms with Crippen molar-refractivity contribution >= 4 is 23.1 Å². The van der Waals surface area contributed by atoms with Crippen molar-refractivity contribution in [3.05, 3.63) is 64.0 Å². The summed E-state index contributed by atoms with van der Waals surface area (Å²) in [4.78, 5) is 5.83. The molecule has 0 radical (unpaired) electrons. The first-order valence-corrected chi connectivity index (χ1v) is 10.5. The minimum atomic E-state index is 0.382. The van der Waals surface area contributed by atoms with Gasteiger partial charge in [0.25, 0.3) is 0 Å². The summed E-state index contributed by atoms with van der Waals surface area (Å²) < 4.78 is 1.63. The van der Waals surface area contributed by atoms with Crippen molar-refractivity contribution in [2.24, 2.45) is 4.99 Å². The molecule has 4 N–H and O–H groups in total. The molecule has 2 aromatic heterocycles. The minimum absolute atomic E-state index is 0.382. The predicted octanol–water partition coefficient (Wildman–Crippen LogP) is 3.08. The second kappa shape index (κ2) is 10.3. The molecule has 2 heterocycles. The third kappa shape index (κ3) is 5.36. The van der Waals surface area contributed by atoms with E-state index in [0.29, 0.717) is 24.3 Å². The molecule has 0 bridgehead atoms. The van der Waals surface area contributed by atoms with E-state index in [4.69, 9.17) is 5.73 Å². The lowest BCUT2D eigenvalue weighted by atomic mass is 10.1. The molecule has 0 saturated carbocycles. The SMILES string of the molecule is CCNC(=NCc1cccs1)NCCCc1nn(-c2ccccc2)c(N)c1C#N. The molecule has 29 heavy (non-hydrogen) atoms. The first-order chi connectivity index (χ1) is 14.2. The van der Waals surface area contributed by atoms with E-state index >= 15 is 0 Å². The van der Waals surface area contributed by atoms with Crippen molar-refractivity contribution in [1.29, 1.82) is 5.26 Å². The molecule has 8 heteroatoms. The van der Waals surface area contributed by atoms with Crippen molar-refractivity contribution in [2.45, 2.75) is 26.3 Å². The van der Waals surface area contributed by atoms with Crippen LogP contribution in [0.5, 0.6) is 0 Å². The van der Waals surface area contributed by atoms with E-state index in [2.05, 4.69) is 38.2 Å². The summed E-state index contributed by atoms with van der Waals surface area (Å²) in [6, 6.07) is 15.9. The lowest BCUT2D eigenvalue weighted by Crippen LogP contribution is -2.37. The average molecular weight is 408 g/mol. The predicted molar refractivity (Wildman–Crippen MR) is 118 cm³/mol. The smallest absolute Gasteiger partial charge is 0.191 e. The Bertz CT molecular complexity index is 969. The van der Waals surface area contributed by atoms with Gasteiger partial charge in [0.05, 0.1) is 17.9 Å². The van der Waals surface area contributed by atoms with E-state index in [-0.39, 0.29) is 0 Å². The Labute approximate surface area is 174 Å². The van der Waals surface area contributed by atoms with Gasteiger partial charge in [0.1, 0.15) is 17.5 Å². The maximum absolute atomic E-state index is 9.51. The second-order valence-corrected chi connectivity index (χ2v) is 7.40. The van der Waals surface area contributed by atoms with Crippen molar-refractivity contribution in [1.82, 2.24) is 20.4 Å². The van der Waals surface area contributed by atoms with Gasteiger partial charge in [-0.15, -0.1) is 11.3 Å². The molecule has 0 aliphatic carbocycles. The number of para-hydroxylation sites is 1. The quantitative estimate of drug-likeness (QED) is 0.302. The number of anilines is 1. The van der Waals surface area contributed by atoms with E-state index in [1.165, 1.54) is 4.88 Å². The van der Waals surface area contributed by atoms with Crippen LogP contribution < -0.4 is 16.4 Å². The van der Waals surface area contributed by atoms with Crippen LogP contribution in [0.25, 0.3) is 5.69 Å². The Kier molecular flexibility index (Phi) is 7.25. The van der Waals surface area contributed by atoms with E-state index in [1.54, 1.807) is 16.0 Å². The lowest BCUT2D eigenvalue weighted by molar-refractivity contribution is 0.723. The number of aryl methyl sites for hydroxylation is 1. The summed E-state index contributed by atoms with van der Waals surface area (Å²) >= 11 is 1.70. The standard InChI is InChI=1S/C21H25N7S/c1-2-24-21(26-15-17-10-7-13-29-17)25-12-6-11-19-18(14-22)20(23)28(27-19)16-8-4-3-5-9-16/h3-5,7-10,13H,2,6,11-12,15,23H2,1H3,(H2,24,25,26). The molecule has 0 fully saturated rings. The fourth-order valence-electron chi connectivity index (χ4n) is 2.91. The summed E-state index contributed by atoms with van der Waals surface area (Å²) in [7, 11) is 0. The topological polar surface area (TPSA) is 104 Å². The normalized spacial score (nSPS) is 11.2. The third-order valence-corrected chi connectivity index (χ3v) is 5.17. The molecule has 150 valence electrons. The number of benzene rings is 1. The van der Waals surface area contributed by atoms with E-state index in [0.717, 1.165) is 36.9 Å². The summed E-state index contributed by atoms with van der Waals surface area (Å²) in [6.45, 7) is 4.22. The molecule has 0 spiro atoms. The molecule has 7 nitrogen and oxygen atoms in total. The van der Waals surface area contributed by atoms with Crippen LogP contribution in [0.2, 0.25) is 0 Å². The van der Waals surface area contributed by atoms with Crippen LogP contribution in [0.1, 0.15) is 29.5 Å². The summed E-state index contributed by atoms with van der Waals surface area (Å²) in [5, 5.41) is 22.7. The highest BCUT2D eigenvalue weighted by Crippen LogP contribution is 2.21. The number of nitrogens with two attached hydrogens (primary N) is 1. The fourth-order valence-corrected chi connectivity index (χ4v) is 3.53. The highest BCUT2D eigenvalue weighted by Gasteiger charge is 2.16. The zero-order valence-corrected chi connectivity index (χ0v) is 17.2. The van der Waals surface area contributed by atoms with Crippen LogP contribution in [-0.4, -0.2) is 28.8 Å². The van der Waals surface area contributed by atoms with Crippen LogP contribution in [-0.2, 0) is 13.0 Å². The molecule has 0 unspecified atom stereocenters. The van der Waals surface area contributed by atoms with Crippen LogP contribution >= 0.6 is 11.3 Å². The molecule has 0 aliphatic rings. The number of nitrogens with zero attached hydrogens (tertiary/aromatic N) is 4. The van der Waals surface area contributed by atoms with Gasteiger partial charge >= 0.3 is 0 Å². The van der Waals surface area contributed by atoms with Gasteiger partial charge in [-0.05, 0) is 43.3 Å². The Balaban J connectivity index is 1.59. The lowest BCUT2D eigenvalue weighted by Gasteiger charge is -2.10. The summed E-state index contributed by atoms with van der Waals surface area (Å²) in [5.41, 5.74) is 8.18. The molecule has 0 amide bonds. The maximum atomic E-state index is 9.51. The van der Waals surface area contributed by atoms with Crippen molar-refractivity contribution < 1.29 is 0 Å². The number of nitrogens with one attached hydrogen (secondary N) is 2. The Hall–Kier alpha value is -3.31. The van der Waals surface area contributed by atoms with Gasteiger partial charge in [0.15, 0.2) is 5.96 Å². The van der Waals surface area contributed by atoms with Crippen LogP contribution in [0.3, 0.4) is 0 Å². The second-order valence-electron chi connectivity index (χ2n) is 6.37. The van der Waals surface area contributed by atoms with Gasteiger partial charge in [0, 0.05) is 18.0 Å². The van der Waals surface area contributed by atoms with Gasteiger partial charge in [-0.2, -0.15) is 10.4 Å². The number of aliphatic imine (C=N–C) groups is 1. The third-order valence-electron chi connectivity index (χ3n) is 4.31. The number of rotatable bonds is 8. The van der Waals surface area contributed by atoms with E-state index in [9.17, 15) is 5.26 Å². The van der Waals surface area contributed by atoms with Gasteiger partial charge in [-0.3, -0.25) is 0 Å². The number of thiophene rings is 1.